The first-order valence-corrected chi connectivity index (χ1v) is 6.32. The molecule has 2 saturated heterocycles. The van der Waals surface area contributed by atoms with Crippen LogP contribution in [0.4, 0.5) is 0 Å². The maximum absolute atomic E-state index is 10.0. The summed E-state index contributed by atoms with van der Waals surface area (Å²) in [7, 11) is 1.48. The zero-order valence-corrected chi connectivity index (χ0v) is 11.9. The molecule has 2 aliphatic heterocycles. The molecule has 112 valence electrons. The Morgan fingerprint density at radius 2 is 2.20 bits per heavy atom. The Morgan fingerprint density at radius 1 is 1.50 bits per heavy atom. The maximum atomic E-state index is 10.0. The second kappa shape index (κ2) is 5.45. The monoisotopic (exact) mass is 284 g/mol. The van der Waals surface area contributed by atoms with E-state index in [4.69, 9.17) is 30.1 Å². The predicted molar refractivity (Wildman–Crippen MR) is 69.4 cm³/mol. The smallest absolute Gasteiger partial charge is 0.191 e. The normalized spacial score (nSPS) is 40.0. The Morgan fingerprint density at radius 3 is 2.75 bits per heavy atom. The number of hydrogen-bond acceptors (Lipinski definition) is 6. The first-order valence-electron chi connectivity index (χ1n) is 6.32. The van der Waals surface area contributed by atoms with Crippen LogP contribution in [0.1, 0.15) is 13.8 Å². The summed E-state index contributed by atoms with van der Waals surface area (Å²) >= 11 is 0. The van der Waals surface area contributed by atoms with E-state index in [0.717, 1.165) is 0 Å². The number of methoxy groups -OCH3 is 1. The van der Waals surface area contributed by atoms with Crippen molar-refractivity contribution in [2.45, 2.75) is 49.8 Å². The summed E-state index contributed by atoms with van der Waals surface area (Å²) < 4.78 is 27.7. The van der Waals surface area contributed by atoms with Gasteiger partial charge in [0.25, 0.3) is 0 Å². The number of terminal acetylenes is 1. The fourth-order valence-corrected chi connectivity index (χ4v) is 2.51. The fourth-order valence-electron chi connectivity index (χ4n) is 2.51. The molecule has 0 aromatic heterocycles. The summed E-state index contributed by atoms with van der Waals surface area (Å²) in [4.78, 5) is 0. The summed E-state index contributed by atoms with van der Waals surface area (Å²) in [6, 6.07) is 0. The van der Waals surface area contributed by atoms with Gasteiger partial charge in [0.2, 0.25) is 0 Å². The zero-order chi connectivity index (χ0) is 15.0. The molecule has 0 bridgehead atoms. The van der Waals surface area contributed by atoms with Gasteiger partial charge in [-0.05, 0) is 13.8 Å². The molecule has 2 fully saturated rings. The van der Waals surface area contributed by atoms with Crippen molar-refractivity contribution in [3.63, 3.8) is 0 Å². The van der Waals surface area contributed by atoms with Gasteiger partial charge in [0, 0.05) is 7.11 Å². The molecule has 20 heavy (non-hydrogen) atoms. The van der Waals surface area contributed by atoms with Crippen LogP contribution in [0.5, 0.6) is 0 Å². The van der Waals surface area contributed by atoms with Crippen LogP contribution in [0.25, 0.3) is 0 Å². The van der Waals surface area contributed by atoms with E-state index in [1.54, 1.807) is 13.8 Å². The molecule has 1 N–H and O–H groups in total. The van der Waals surface area contributed by atoms with E-state index in [9.17, 15) is 5.11 Å². The van der Waals surface area contributed by atoms with Crippen molar-refractivity contribution in [2.24, 2.45) is 0 Å². The quantitative estimate of drug-likeness (QED) is 0.448. The fraction of sp³-hybridized carbons (Fsp3) is 0.714. The molecule has 0 saturated carbocycles. The van der Waals surface area contributed by atoms with Gasteiger partial charge in [0.05, 0.1) is 0 Å². The van der Waals surface area contributed by atoms with Crippen molar-refractivity contribution < 1.29 is 28.8 Å². The summed E-state index contributed by atoms with van der Waals surface area (Å²) in [5.41, 5.74) is -1.30. The van der Waals surface area contributed by atoms with Gasteiger partial charge >= 0.3 is 0 Å². The number of rotatable bonds is 5. The standard InChI is InChI=1S/C14H20O6/c1-6-9(15)10-14(7-2,17-8-16-5)11-12(18-10)20-13(3,4)19-11/h2,6,9-12,15H,1,8H2,3-5H3/t9-,10-,11+,12-,14-/m1/s1. The molecule has 0 aromatic rings. The lowest BCUT2D eigenvalue weighted by atomic mass is 9.89. The molecule has 5 atom stereocenters. The van der Waals surface area contributed by atoms with Crippen molar-refractivity contribution in [1.82, 2.24) is 0 Å². The Balaban J connectivity index is 2.33. The third-order valence-corrected chi connectivity index (χ3v) is 3.38. The second-order valence-corrected chi connectivity index (χ2v) is 5.20. The lowest BCUT2D eigenvalue weighted by molar-refractivity contribution is -0.245. The van der Waals surface area contributed by atoms with E-state index in [0.29, 0.717) is 0 Å². The molecule has 0 radical (unpaired) electrons. The van der Waals surface area contributed by atoms with E-state index < -0.39 is 36.0 Å². The van der Waals surface area contributed by atoms with Crippen molar-refractivity contribution >= 4 is 0 Å². The molecule has 0 unspecified atom stereocenters. The molecule has 2 rings (SSSR count). The largest absolute Gasteiger partial charge is 0.386 e. The Bertz CT molecular complexity index is 414. The van der Waals surface area contributed by atoms with Crippen LogP contribution >= 0.6 is 0 Å². The second-order valence-electron chi connectivity index (χ2n) is 5.20. The number of hydrogen-bond donors (Lipinski definition) is 1. The molecule has 0 amide bonds. The first-order chi connectivity index (χ1) is 9.40. The maximum Gasteiger partial charge on any atom is 0.191 e. The van der Waals surface area contributed by atoms with Gasteiger partial charge in [-0.2, -0.15) is 0 Å². The summed E-state index contributed by atoms with van der Waals surface area (Å²) in [6.07, 6.45) is 3.76. The average molecular weight is 284 g/mol. The first kappa shape index (κ1) is 15.4. The number of fused-ring (bicyclic) bond motifs is 1. The van der Waals surface area contributed by atoms with E-state index in [1.807, 2.05) is 0 Å². The van der Waals surface area contributed by atoms with Gasteiger partial charge in [-0.3, -0.25) is 0 Å². The highest BCUT2D eigenvalue weighted by Gasteiger charge is 2.65. The highest BCUT2D eigenvalue weighted by Crippen LogP contribution is 2.45. The van der Waals surface area contributed by atoms with E-state index in [2.05, 4.69) is 12.5 Å². The van der Waals surface area contributed by atoms with Gasteiger partial charge in [0.15, 0.2) is 23.8 Å². The SMILES string of the molecule is C#C[C@@]1(OCOC)[C@@H]([C@H](O)C=C)O[C@@H]2OC(C)(C)O[C@@H]21. The van der Waals surface area contributed by atoms with Crippen molar-refractivity contribution in [3.05, 3.63) is 12.7 Å². The highest BCUT2D eigenvalue weighted by molar-refractivity contribution is 5.24. The lowest BCUT2D eigenvalue weighted by Crippen LogP contribution is -2.54. The highest BCUT2D eigenvalue weighted by atomic mass is 16.8. The van der Waals surface area contributed by atoms with Crippen LogP contribution in [0.2, 0.25) is 0 Å². The minimum absolute atomic E-state index is 0.0546. The van der Waals surface area contributed by atoms with Gasteiger partial charge in [-0.1, -0.05) is 12.0 Å². The Kier molecular flexibility index (Phi) is 4.21. The van der Waals surface area contributed by atoms with E-state index in [1.165, 1.54) is 13.2 Å². The molecule has 6 heteroatoms. The number of aliphatic hydroxyl groups is 1. The minimum Gasteiger partial charge on any atom is -0.386 e. The summed E-state index contributed by atoms with van der Waals surface area (Å²) in [6.45, 7) is 7.00. The van der Waals surface area contributed by atoms with Crippen LogP contribution < -0.4 is 0 Å². The van der Waals surface area contributed by atoms with Gasteiger partial charge in [0.1, 0.15) is 19.0 Å². The van der Waals surface area contributed by atoms with E-state index in [-0.39, 0.29) is 6.79 Å². The van der Waals surface area contributed by atoms with Crippen LogP contribution in [-0.2, 0) is 23.7 Å². The third-order valence-electron chi connectivity index (χ3n) is 3.38. The van der Waals surface area contributed by atoms with Crippen LogP contribution in [-0.4, -0.2) is 55.0 Å². The van der Waals surface area contributed by atoms with Gasteiger partial charge in [-0.25, -0.2) is 0 Å². The topological polar surface area (TPSA) is 66.4 Å². The molecule has 2 heterocycles. The van der Waals surface area contributed by atoms with Crippen LogP contribution in [0.15, 0.2) is 12.7 Å². The Labute approximate surface area is 118 Å². The summed E-state index contributed by atoms with van der Waals surface area (Å²) in [5.74, 6) is 1.71. The van der Waals surface area contributed by atoms with Crippen molar-refractivity contribution in [1.29, 1.82) is 0 Å². The molecule has 2 aliphatic rings. The summed E-state index contributed by atoms with van der Waals surface area (Å²) in [5, 5.41) is 10.0. The van der Waals surface area contributed by atoms with Crippen molar-refractivity contribution in [3.8, 4) is 12.3 Å². The molecular weight excluding hydrogens is 264 g/mol. The number of aliphatic hydroxyl groups excluding tert-OH is 1. The lowest BCUT2D eigenvalue weighted by Gasteiger charge is -2.34. The van der Waals surface area contributed by atoms with Crippen molar-refractivity contribution in [2.75, 3.05) is 13.9 Å². The average Bonchev–Trinajstić information content (AvgIpc) is 2.86. The van der Waals surface area contributed by atoms with Gasteiger partial charge < -0.3 is 28.8 Å². The van der Waals surface area contributed by atoms with Gasteiger partial charge in [-0.15, -0.1) is 13.0 Å². The molecule has 0 aromatic carbocycles. The van der Waals surface area contributed by atoms with E-state index >= 15 is 0 Å². The molecule has 6 nitrogen and oxygen atoms in total. The zero-order valence-electron chi connectivity index (χ0n) is 11.9. The molecule has 0 aliphatic carbocycles. The molecule has 0 spiro atoms. The Hall–Kier alpha value is -0.940. The number of ether oxygens (including phenoxy) is 5. The third kappa shape index (κ3) is 2.37. The molecular formula is C14H20O6. The van der Waals surface area contributed by atoms with Crippen LogP contribution in [0.3, 0.4) is 0 Å². The predicted octanol–water partition coefficient (Wildman–Crippen LogP) is 0.402. The minimum atomic E-state index is -1.30. The van der Waals surface area contributed by atoms with Crippen LogP contribution in [0, 0.1) is 12.3 Å².